The Morgan fingerprint density at radius 3 is 2.71 bits per heavy atom. The summed E-state index contributed by atoms with van der Waals surface area (Å²) in [6, 6.07) is 10.2. The first-order valence-corrected chi connectivity index (χ1v) is 11.8. The SMILES string of the molecule is COc1cc(N2CCN(C)CC2)ccc1Nc1nccc(-c2cnc3c(c2)C(C)(CO)CC3)n1. The van der Waals surface area contributed by atoms with Crippen LogP contribution in [0.5, 0.6) is 5.75 Å². The van der Waals surface area contributed by atoms with Crippen LogP contribution in [0, 0.1) is 0 Å². The van der Waals surface area contributed by atoms with Gasteiger partial charge in [-0.3, -0.25) is 4.98 Å². The van der Waals surface area contributed by atoms with Crippen molar-refractivity contribution in [2.45, 2.75) is 25.2 Å². The molecule has 0 amide bonds. The molecule has 1 aromatic carbocycles. The van der Waals surface area contributed by atoms with Crippen molar-refractivity contribution in [2.75, 3.05) is 57.2 Å². The average Bonchev–Trinajstić information content (AvgIpc) is 3.21. The van der Waals surface area contributed by atoms with Crippen LogP contribution in [-0.2, 0) is 11.8 Å². The van der Waals surface area contributed by atoms with Gasteiger partial charge >= 0.3 is 0 Å². The summed E-state index contributed by atoms with van der Waals surface area (Å²) in [6.45, 7) is 6.32. The summed E-state index contributed by atoms with van der Waals surface area (Å²) >= 11 is 0. The zero-order valence-electron chi connectivity index (χ0n) is 20.1. The number of aryl methyl sites for hydroxylation is 1. The zero-order chi connectivity index (χ0) is 23.7. The number of benzene rings is 1. The van der Waals surface area contributed by atoms with Gasteiger partial charge in [0.1, 0.15) is 5.75 Å². The normalized spacial score (nSPS) is 20.3. The maximum atomic E-state index is 9.93. The first-order valence-electron chi connectivity index (χ1n) is 11.8. The second-order valence-electron chi connectivity index (χ2n) is 9.50. The van der Waals surface area contributed by atoms with Crippen molar-refractivity contribution in [1.82, 2.24) is 19.9 Å². The number of anilines is 3. The predicted octanol–water partition coefficient (Wildman–Crippen LogP) is 3.24. The molecule has 1 aliphatic heterocycles. The molecule has 1 aliphatic carbocycles. The molecule has 1 saturated heterocycles. The lowest BCUT2D eigenvalue weighted by molar-refractivity contribution is 0.206. The van der Waals surface area contributed by atoms with Crippen LogP contribution in [0.3, 0.4) is 0 Å². The number of hydrogen-bond donors (Lipinski definition) is 2. The van der Waals surface area contributed by atoms with Crippen molar-refractivity contribution in [3.8, 4) is 17.0 Å². The zero-order valence-corrected chi connectivity index (χ0v) is 20.1. The van der Waals surface area contributed by atoms with E-state index in [0.717, 1.165) is 78.7 Å². The predicted molar refractivity (Wildman–Crippen MR) is 134 cm³/mol. The summed E-state index contributed by atoms with van der Waals surface area (Å²) in [5.74, 6) is 1.25. The summed E-state index contributed by atoms with van der Waals surface area (Å²) < 4.78 is 5.68. The molecule has 2 N–H and O–H groups in total. The number of rotatable bonds is 6. The van der Waals surface area contributed by atoms with Crippen LogP contribution in [0.15, 0.2) is 42.7 Å². The number of aromatic nitrogens is 3. The van der Waals surface area contributed by atoms with Gasteiger partial charge in [-0.1, -0.05) is 6.92 Å². The Morgan fingerprint density at radius 2 is 1.94 bits per heavy atom. The quantitative estimate of drug-likeness (QED) is 0.580. The Hall–Kier alpha value is -3.23. The largest absolute Gasteiger partial charge is 0.494 e. The number of ether oxygens (including phenoxy) is 1. The third-order valence-electron chi connectivity index (χ3n) is 7.13. The summed E-state index contributed by atoms with van der Waals surface area (Å²) in [4.78, 5) is 18.5. The highest BCUT2D eigenvalue weighted by molar-refractivity contribution is 5.69. The molecule has 178 valence electrons. The minimum atomic E-state index is -0.245. The van der Waals surface area contributed by atoms with Crippen molar-refractivity contribution in [3.63, 3.8) is 0 Å². The fourth-order valence-electron chi connectivity index (χ4n) is 4.79. The Kier molecular flexibility index (Phi) is 6.10. The van der Waals surface area contributed by atoms with E-state index in [1.807, 2.05) is 18.3 Å². The lowest BCUT2D eigenvalue weighted by Crippen LogP contribution is -2.44. The molecule has 8 nitrogen and oxygen atoms in total. The molecule has 2 aromatic heterocycles. The molecule has 1 atom stereocenters. The van der Waals surface area contributed by atoms with E-state index in [4.69, 9.17) is 9.72 Å². The van der Waals surface area contributed by atoms with Crippen molar-refractivity contribution >= 4 is 17.3 Å². The number of fused-ring (bicyclic) bond motifs is 1. The Balaban J connectivity index is 1.38. The lowest BCUT2D eigenvalue weighted by Gasteiger charge is -2.34. The Morgan fingerprint density at radius 1 is 1.12 bits per heavy atom. The summed E-state index contributed by atoms with van der Waals surface area (Å²) in [6.07, 6.45) is 5.41. The van der Waals surface area contributed by atoms with Crippen LogP contribution in [0.2, 0.25) is 0 Å². The number of likely N-dealkylation sites (N-methyl/N-ethyl adjacent to an activating group) is 1. The van der Waals surface area contributed by atoms with Crippen molar-refractivity contribution in [1.29, 1.82) is 0 Å². The molecule has 1 fully saturated rings. The van der Waals surface area contributed by atoms with Crippen LogP contribution in [-0.4, -0.2) is 71.9 Å². The van der Waals surface area contributed by atoms with Crippen molar-refractivity contribution in [3.05, 3.63) is 54.0 Å². The van der Waals surface area contributed by atoms with E-state index in [-0.39, 0.29) is 12.0 Å². The first-order chi connectivity index (χ1) is 16.5. The van der Waals surface area contributed by atoms with Gasteiger partial charge < -0.3 is 25.0 Å². The van der Waals surface area contributed by atoms with Crippen LogP contribution in [0.4, 0.5) is 17.3 Å². The number of methoxy groups -OCH3 is 1. The molecular formula is C26H32N6O2. The minimum Gasteiger partial charge on any atom is -0.494 e. The monoisotopic (exact) mass is 460 g/mol. The summed E-state index contributed by atoms with van der Waals surface area (Å²) in [7, 11) is 3.84. The fraction of sp³-hybridized carbons (Fsp3) is 0.423. The maximum Gasteiger partial charge on any atom is 0.227 e. The molecule has 0 spiro atoms. The number of piperazine rings is 1. The minimum absolute atomic E-state index is 0.117. The van der Waals surface area contributed by atoms with Gasteiger partial charge in [-0.05, 0) is 49.7 Å². The number of aliphatic hydroxyl groups is 1. The molecule has 2 aliphatic rings. The van der Waals surface area contributed by atoms with E-state index in [0.29, 0.717) is 5.95 Å². The number of hydrogen-bond acceptors (Lipinski definition) is 8. The van der Waals surface area contributed by atoms with Crippen LogP contribution >= 0.6 is 0 Å². The molecule has 8 heteroatoms. The van der Waals surface area contributed by atoms with E-state index in [2.05, 4.69) is 57.3 Å². The molecule has 5 rings (SSSR count). The smallest absolute Gasteiger partial charge is 0.227 e. The van der Waals surface area contributed by atoms with Crippen LogP contribution < -0.4 is 15.0 Å². The summed E-state index contributed by atoms with van der Waals surface area (Å²) in [5.41, 5.74) is 5.61. The van der Waals surface area contributed by atoms with Gasteiger partial charge in [0.05, 0.1) is 25.1 Å². The van der Waals surface area contributed by atoms with Crippen LogP contribution in [0.1, 0.15) is 24.6 Å². The Bertz CT molecular complexity index is 1180. The van der Waals surface area contributed by atoms with E-state index in [9.17, 15) is 5.11 Å². The van der Waals surface area contributed by atoms with E-state index in [1.165, 1.54) is 0 Å². The number of nitrogens with zero attached hydrogens (tertiary/aromatic N) is 5. The van der Waals surface area contributed by atoms with Gasteiger partial charge in [-0.2, -0.15) is 0 Å². The fourth-order valence-corrected chi connectivity index (χ4v) is 4.79. The van der Waals surface area contributed by atoms with Gasteiger partial charge in [0.2, 0.25) is 5.95 Å². The van der Waals surface area contributed by atoms with E-state index in [1.54, 1.807) is 13.3 Å². The summed E-state index contributed by atoms with van der Waals surface area (Å²) in [5, 5.41) is 13.2. The van der Waals surface area contributed by atoms with Gasteiger partial charge in [0.15, 0.2) is 0 Å². The van der Waals surface area contributed by atoms with Crippen molar-refractivity contribution < 1.29 is 9.84 Å². The highest BCUT2D eigenvalue weighted by Gasteiger charge is 2.35. The molecule has 0 radical (unpaired) electrons. The lowest BCUT2D eigenvalue weighted by atomic mass is 9.85. The highest BCUT2D eigenvalue weighted by atomic mass is 16.5. The average molecular weight is 461 g/mol. The maximum absolute atomic E-state index is 9.93. The van der Waals surface area contributed by atoms with Crippen molar-refractivity contribution in [2.24, 2.45) is 0 Å². The van der Waals surface area contributed by atoms with Crippen LogP contribution in [0.25, 0.3) is 11.3 Å². The molecular weight excluding hydrogens is 428 g/mol. The van der Waals surface area contributed by atoms with Gasteiger partial charge in [0.25, 0.3) is 0 Å². The Labute approximate surface area is 200 Å². The van der Waals surface area contributed by atoms with Gasteiger partial charge in [-0.25, -0.2) is 9.97 Å². The number of aliphatic hydroxyl groups excluding tert-OH is 1. The third kappa shape index (κ3) is 4.31. The van der Waals surface area contributed by atoms with Gasteiger partial charge in [0, 0.05) is 67.0 Å². The second-order valence-corrected chi connectivity index (χ2v) is 9.50. The third-order valence-corrected chi connectivity index (χ3v) is 7.13. The first kappa shape index (κ1) is 22.6. The highest BCUT2D eigenvalue weighted by Crippen LogP contribution is 2.39. The van der Waals surface area contributed by atoms with E-state index < -0.39 is 0 Å². The van der Waals surface area contributed by atoms with E-state index >= 15 is 0 Å². The molecule has 3 aromatic rings. The topological polar surface area (TPSA) is 86.6 Å². The molecule has 0 saturated carbocycles. The number of pyridine rings is 1. The molecule has 0 bridgehead atoms. The van der Waals surface area contributed by atoms with Gasteiger partial charge in [-0.15, -0.1) is 0 Å². The molecule has 3 heterocycles. The molecule has 34 heavy (non-hydrogen) atoms. The standard InChI is InChI=1S/C26H32N6O2/c1-26(17-33)8-6-22-20(26)14-18(16-28-22)21-7-9-27-25(29-21)30-23-5-4-19(15-24(23)34-3)32-12-10-31(2)11-13-32/h4-5,7,9,14-16,33H,6,8,10-13,17H2,1-3H3,(H,27,29,30). The second kappa shape index (κ2) is 9.19. The number of nitrogens with one attached hydrogen (secondary N) is 1. The molecule has 1 unspecified atom stereocenters.